The molecule has 3 nitrogen and oxygen atoms in total. The molecular weight excluding hydrogens is 208 g/mol. The monoisotopic (exact) mass is 224 g/mol. The van der Waals surface area contributed by atoms with Crippen LogP contribution in [0.2, 0.25) is 0 Å². The summed E-state index contributed by atoms with van der Waals surface area (Å²) < 4.78 is 5.87. The van der Waals surface area contributed by atoms with Crippen LogP contribution in [0.1, 0.15) is 30.2 Å². The molecule has 2 aliphatic heterocycles. The van der Waals surface area contributed by atoms with Gasteiger partial charge in [-0.05, 0) is 30.7 Å². The Labute approximate surface area is 93.6 Å². The third-order valence-corrected chi connectivity index (χ3v) is 4.57. The van der Waals surface area contributed by atoms with Crippen molar-refractivity contribution in [3.05, 3.63) is 22.4 Å². The maximum atomic E-state index is 5.87. The standard InChI is InChI=1S/C11H16N2OS/c12-13-11(10-2-1-5-15-10)8-6-7-3-4-9(8)14-7/h1-2,5,7-9,11,13H,3-4,6,12H2. The SMILES string of the molecule is NNC(c1cccs1)C1CC2CCC1O2. The topological polar surface area (TPSA) is 47.3 Å². The Morgan fingerprint density at radius 1 is 1.53 bits per heavy atom. The van der Waals surface area contributed by atoms with E-state index in [1.807, 2.05) is 0 Å². The highest BCUT2D eigenvalue weighted by atomic mass is 32.1. The van der Waals surface area contributed by atoms with E-state index in [2.05, 4.69) is 22.9 Å². The Morgan fingerprint density at radius 2 is 2.47 bits per heavy atom. The lowest BCUT2D eigenvalue weighted by molar-refractivity contribution is 0.0859. The predicted molar refractivity (Wildman–Crippen MR) is 60.4 cm³/mol. The fourth-order valence-corrected chi connectivity index (χ4v) is 3.77. The van der Waals surface area contributed by atoms with Crippen LogP contribution < -0.4 is 11.3 Å². The van der Waals surface area contributed by atoms with E-state index in [9.17, 15) is 0 Å². The average molecular weight is 224 g/mol. The van der Waals surface area contributed by atoms with E-state index in [-0.39, 0.29) is 6.04 Å². The van der Waals surface area contributed by atoms with Gasteiger partial charge in [0, 0.05) is 10.8 Å². The zero-order valence-electron chi connectivity index (χ0n) is 8.56. The second kappa shape index (κ2) is 3.87. The third-order valence-electron chi connectivity index (χ3n) is 3.61. The molecule has 3 heterocycles. The first-order valence-corrected chi connectivity index (χ1v) is 6.41. The molecule has 1 aromatic rings. The van der Waals surface area contributed by atoms with E-state index >= 15 is 0 Å². The summed E-state index contributed by atoms with van der Waals surface area (Å²) in [6.07, 6.45) is 4.54. The molecule has 4 heteroatoms. The summed E-state index contributed by atoms with van der Waals surface area (Å²) in [5.41, 5.74) is 2.96. The first-order chi connectivity index (χ1) is 7.38. The number of nitrogens with one attached hydrogen (secondary N) is 1. The van der Waals surface area contributed by atoms with Gasteiger partial charge < -0.3 is 4.74 Å². The van der Waals surface area contributed by atoms with Crippen LogP contribution in [0.4, 0.5) is 0 Å². The quantitative estimate of drug-likeness (QED) is 0.608. The molecule has 2 saturated heterocycles. The Morgan fingerprint density at radius 3 is 3.00 bits per heavy atom. The molecule has 0 amide bonds. The highest BCUT2D eigenvalue weighted by Crippen LogP contribution is 2.45. The Kier molecular flexibility index (Phi) is 2.52. The van der Waals surface area contributed by atoms with Crippen LogP contribution in [0.3, 0.4) is 0 Å². The van der Waals surface area contributed by atoms with E-state index in [1.165, 1.54) is 17.7 Å². The molecule has 4 unspecified atom stereocenters. The lowest BCUT2D eigenvalue weighted by Crippen LogP contribution is -2.37. The van der Waals surface area contributed by atoms with Crippen molar-refractivity contribution in [1.29, 1.82) is 0 Å². The molecule has 2 bridgehead atoms. The molecule has 1 aromatic heterocycles. The fourth-order valence-electron chi connectivity index (χ4n) is 2.91. The summed E-state index contributed by atoms with van der Waals surface area (Å²) in [7, 11) is 0. The summed E-state index contributed by atoms with van der Waals surface area (Å²) in [5, 5.41) is 2.10. The number of thiophene rings is 1. The van der Waals surface area contributed by atoms with Crippen molar-refractivity contribution in [2.75, 3.05) is 0 Å². The fraction of sp³-hybridized carbons (Fsp3) is 0.636. The molecule has 2 aliphatic rings. The van der Waals surface area contributed by atoms with E-state index < -0.39 is 0 Å². The summed E-state index contributed by atoms with van der Waals surface area (Å²) in [6, 6.07) is 4.51. The second-order valence-electron chi connectivity index (χ2n) is 4.43. The summed E-state index contributed by atoms with van der Waals surface area (Å²) in [4.78, 5) is 1.33. The van der Waals surface area contributed by atoms with Crippen LogP contribution in [-0.2, 0) is 4.74 Å². The minimum absolute atomic E-state index is 0.278. The van der Waals surface area contributed by atoms with Crippen LogP contribution in [0.15, 0.2) is 17.5 Å². The van der Waals surface area contributed by atoms with E-state index in [0.29, 0.717) is 18.1 Å². The molecule has 82 valence electrons. The minimum atomic E-state index is 0.278. The smallest absolute Gasteiger partial charge is 0.0628 e. The normalized spacial score (nSPS) is 35.9. The van der Waals surface area contributed by atoms with Gasteiger partial charge in [0.05, 0.1) is 18.2 Å². The molecule has 3 rings (SSSR count). The molecule has 0 saturated carbocycles. The van der Waals surface area contributed by atoms with Gasteiger partial charge in [-0.15, -0.1) is 11.3 Å². The first kappa shape index (κ1) is 9.78. The van der Waals surface area contributed by atoms with Crippen molar-refractivity contribution >= 4 is 11.3 Å². The molecule has 0 spiro atoms. The van der Waals surface area contributed by atoms with Gasteiger partial charge >= 0.3 is 0 Å². The molecule has 0 aliphatic carbocycles. The van der Waals surface area contributed by atoms with Crippen LogP contribution in [0, 0.1) is 5.92 Å². The van der Waals surface area contributed by atoms with Crippen molar-refractivity contribution in [2.24, 2.45) is 11.8 Å². The predicted octanol–water partition coefficient (Wildman–Crippen LogP) is 1.82. The van der Waals surface area contributed by atoms with Crippen molar-refractivity contribution in [1.82, 2.24) is 5.43 Å². The number of hydrogen-bond donors (Lipinski definition) is 2. The van der Waals surface area contributed by atoms with Gasteiger partial charge in [-0.3, -0.25) is 11.3 Å². The number of hydrogen-bond acceptors (Lipinski definition) is 4. The van der Waals surface area contributed by atoms with Gasteiger partial charge in [-0.2, -0.15) is 0 Å². The van der Waals surface area contributed by atoms with Gasteiger partial charge in [0.25, 0.3) is 0 Å². The van der Waals surface area contributed by atoms with E-state index in [0.717, 1.165) is 6.42 Å². The van der Waals surface area contributed by atoms with E-state index in [1.54, 1.807) is 11.3 Å². The molecule has 0 radical (unpaired) electrons. The number of nitrogens with two attached hydrogens (primary N) is 1. The van der Waals surface area contributed by atoms with Gasteiger partial charge in [-0.1, -0.05) is 6.07 Å². The van der Waals surface area contributed by atoms with Crippen LogP contribution in [0.25, 0.3) is 0 Å². The first-order valence-electron chi connectivity index (χ1n) is 5.53. The average Bonchev–Trinajstić information content (AvgIpc) is 2.94. The summed E-state index contributed by atoms with van der Waals surface area (Å²) in [6.45, 7) is 0. The Bertz CT molecular complexity index is 327. The van der Waals surface area contributed by atoms with Gasteiger partial charge in [0.15, 0.2) is 0 Å². The maximum Gasteiger partial charge on any atom is 0.0628 e. The lowest BCUT2D eigenvalue weighted by Gasteiger charge is -2.26. The zero-order chi connectivity index (χ0) is 10.3. The number of fused-ring (bicyclic) bond motifs is 2. The van der Waals surface area contributed by atoms with Crippen molar-refractivity contribution in [3.8, 4) is 0 Å². The van der Waals surface area contributed by atoms with Crippen LogP contribution in [-0.4, -0.2) is 12.2 Å². The second-order valence-corrected chi connectivity index (χ2v) is 5.41. The molecular formula is C11H16N2OS. The Hall–Kier alpha value is -0.420. The molecule has 15 heavy (non-hydrogen) atoms. The van der Waals surface area contributed by atoms with Gasteiger partial charge in [-0.25, -0.2) is 0 Å². The molecule has 4 atom stereocenters. The highest BCUT2D eigenvalue weighted by molar-refractivity contribution is 7.10. The third kappa shape index (κ3) is 1.61. The number of rotatable bonds is 3. The zero-order valence-corrected chi connectivity index (χ0v) is 9.37. The molecule has 0 aromatic carbocycles. The highest BCUT2D eigenvalue weighted by Gasteiger charge is 2.44. The molecule has 2 fully saturated rings. The van der Waals surface area contributed by atoms with Gasteiger partial charge in [0.2, 0.25) is 0 Å². The minimum Gasteiger partial charge on any atom is -0.375 e. The molecule has 3 N–H and O–H groups in total. The summed E-state index contributed by atoms with van der Waals surface area (Å²) in [5.74, 6) is 6.24. The lowest BCUT2D eigenvalue weighted by atomic mass is 9.83. The Balaban J connectivity index is 1.80. The summed E-state index contributed by atoms with van der Waals surface area (Å²) >= 11 is 1.77. The number of hydrazine groups is 1. The number of ether oxygens (including phenoxy) is 1. The van der Waals surface area contributed by atoms with Crippen molar-refractivity contribution in [2.45, 2.75) is 37.5 Å². The van der Waals surface area contributed by atoms with E-state index in [4.69, 9.17) is 10.6 Å². The van der Waals surface area contributed by atoms with Gasteiger partial charge in [0.1, 0.15) is 0 Å². The maximum absolute atomic E-state index is 5.87. The van der Waals surface area contributed by atoms with Crippen LogP contribution in [0.5, 0.6) is 0 Å². The van der Waals surface area contributed by atoms with Crippen molar-refractivity contribution in [3.63, 3.8) is 0 Å². The largest absolute Gasteiger partial charge is 0.375 e. The van der Waals surface area contributed by atoms with Crippen LogP contribution >= 0.6 is 11.3 Å². The van der Waals surface area contributed by atoms with Crippen molar-refractivity contribution < 1.29 is 4.74 Å².